The van der Waals surface area contributed by atoms with E-state index in [0.29, 0.717) is 54.1 Å². The number of alkyl halides is 3. The van der Waals surface area contributed by atoms with Gasteiger partial charge in [0.1, 0.15) is 5.75 Å². The number of aromatic nitrogens is 2. The molecule has 2 heterocycles. The van der Waals surface area contributed by atoms with Gasteiger partial charge in [0.2, 0.25) is 0 Å². The molecule has 7 nitrogen and oxygen atoms in total. The fourth-order valence-electron chi connectivity index (χ4n) is 3.92. The van der Waals surface area contributed by atoms with E-state index in [0.717, 1.165) is 11.5 Å². The van der Waals surface area contributed by atoms with Crippen molar-refractivity contribution in [1.29, 1.82) is 5.26 Å². The summed E-state index contributed by atoms with van der Waals surface area (Å²) < 4.78 is 44.9. The summed E-state index contributed by atoms with van der Waals surface area (Å²) in [6, 6.07) is 11.1. The molecule has 0 radical (unpaired) electrons. The van der Waals surface area contributed by atoms with Crippen molar-refractivity contribution in [1.82, 2.24) is 10.2 Å². The zero-order valence-electron chi connectivity index (χ0n) is 18.3. The van der Waals surface area contributed by atoms with Crippen LogP contribution in [0.15, 0.2) is 36.4 Å². The minimum Gasteiger partial charge on any atom is -0.496 e. The minimum absolute atomic E-state index is 0. The molecule has 3 aromatic rings. The fraction of sp³-hybridized carbons (Fsp3) is 0.348. The minimum atomic E-state index is -4.54. The number of methoxy groups -OCH3 is 1. The molecule has 180 valence electrons. The van der Waals surface area contributed by atoms with Crippen molar-refractivity contribution in [3.8, 4) is 11.8 Å². The lowest BCUT2D eigenvalue weighted by Crippen LogP contribution is -2.36. The number of hydrogen-bond donors (Lipinski definition) is 2. The van der Waals surface area contributed by atoms with Crippen LogP contribution in [0.1, 0.15) is 29.5 Å². The SMILES string of the molecule is COc1ccc(CNc2nnc(N3CCC(O)CC3)c3ccc(C#N)cc23)cc1C(F)(F)F.Cl. The number of halogens is 4. The summed E-state index contributed by atoms with van der Waals surface area (Å²) in [4.78, 5) is 2.04. The molecular formula is C23H23ClF3N5O2. The smallest absolute Gasteiger partial charge is 0.419 e. The first-order valence-corrected chi connectivity index (χ1v) is 10.4. The summed E-state index contributed by atoms with van der Waals surface area (Å²) in [5.41, 5.74) is -0.0272. The summed E-state index contributed by atoms with van der Waals surface area (Å²) in [5.74, 6) is 0.772. The molecule has 1 saturated heterocycles. The third-order valence-corrected chi connectivity index (χ3v) is 5.68. The quantitative estimate of drug-likeness (QED) is 0.539. The van der Waals surface area contributed by atoms with Crippen molar-refractivity contribution >= 4 is 34.8 Å². The van der Waals surface area contributed by atoms with E-state index in [1.54, 1.807) is 24.3 Å². The third kappa shape index (κ3) is 5.26. The first kappa shape index (κ1) is 25.3. The average molecular weight is 494 g/mol. The molecule has 0 spiro atoms. The zero-order valence-corrected chi connectivity index (χ0v) is 19.1. The van der Waals surface area contributed by atoms with E-state index in [1.165, 1.54) is 13.2 Å². The van der Waals surface area contributed by atoms with Crippen molar-refractivity contribution in [3.05, 3.63) is 53.1 Å². The molecule has 34 heavy (non-hydrogen) atoms. The Balaban J connectivity index is 0.00000324. The highest BCUT2D eigenvalue weighted by Crippen LogP contribution is 2.37. The molecule has 4 rings (SSSR count). The number of hydrogen-bond acceptors (Lipinski definition) is 7. The number of ether oxygens (including phenoxy) is 1. The molecule has 1 fully saturated rings. The van der Waals surface area contributed by atoms with Crippen LogP contribution in [0.3, 0.4) is 0 Å². The lowest BCUT2D eigenvalue weighted by molar-refractivity contribution is -0.138. The Labute approximate surface area is 200 Å². The molecule has 1 aliphatic rings. The van der Waals surface area contributed by atoms with Crippen LogP contribution in [-0.4, -0.2) is 41.6 Å². The van der Waals surface area contributed by atoms with Crippen LogP contribution in [0.2, 0.25) is 0 Å². The molecule has 2 aromatic carbocycles. The van der Waals surface area contributed by atoms with Gasteiger partial charge in [-0.15, -0.1) is 22.6 Å². The number of anilines is 2. The predicted molar refractivity (Wildman–Crippen MR) is 124 cm³/mol. The van der Waals surface area contributed by atoms with Gasteiger partial charge >= 0.3 is 6.18 Å². The maximum Gasteiger partial charge on any atom is 0.419 e. The zero-order chi connectivity index (χ0) is 23.6. The van der Waals surface area contributed by atoms with Crippen molar-refractivity contribution in [2.45, 2.75) is 31.7 Å². The second-order valence-electron chi connectivity index (χ2n) is 7.85. The van der Waals surface area contributed by atoms with Gasteiger partial charge in [0.05, 0.1) is 30.4 Å². The molecule has 0 saturated carbocycles. The van der Waals surface area contributed by atoms with Gasteiger partial charge in [0, 0.05) is 30.4 Å². The fourth-order valence-corrected chi connectivity index (χ4v) is 3.92. The Morgan fingerprint density at radius 3 is 2.53 bits per heavy atom. The number of benzene rings is 2. The van der Waals surface area contributed by atoms with E-state index in [-0.39, 0.29) is 30.8 Å². The van der Waals surface area contributed by atoms with E-state index in [2.05, 4.69) is 21.6 Å². The Hall–Kier alpha value is -3.29. The highest BCUT2D eigenvalue weighted by atomic mass is 35.5. The van der Waals surface area contributed by atoms with Crippen molar-refractivity contribution < 1.29 is 23.0 Å². The lowest BCUT2D eigenvalue weighted by Gasteiger charge is -2.31. The topological polar surface area (TPSA) is 94.3 Å². The van der Waals surface area contributed by atoms with Crippen LogP contribution in [-0.2, 0) is 12.7 Å². The van der Waals surface area contributed by atoms with Gasteiger partial charge in [0.25, 0.3) is 0 Å². The summed E-state index contributed by atoms with van der Waals surface area (Å²) in [6.07, 6.45) is -3.63. The van der Waals surface area contributed by atoms with Gasteiger partial charge in [-0.1, -0.05) is 6.07 Å². The van der Waals surface area contributed by atoms with Gasteiger partial charge in [0.15, 0.2) is 11.6 Å². The first-order valence-electron chi connectivity index (χ1n) is 10.4. The number of aliphatic hydroxyl groups is 1. The van der Waals surface area contributed by atoms with Crippen molar-refractivity contribution in [3.63, 3.8) is 0 Å². The second kappa shape index (κ2) is 10.3. The highest BCUT2D eigenvalue weighted by Gasteiger charge is 2.34. The number of aliphatic hydroxyl groups excluding tert-OH is 1. The van der Waals surface area contributed by atoms with E-state index >= 15 is 0 Å². The van der Waals surface area contributed by atoms with E-state index in [1.807, 2.05) is 4.90 Å². The molecule has 0 unspecified atom stereocenters. The lowest BCUT2D eigenvalue weighted by atomic mass is 10.1. The van der Waals surface area contributed by atoms with Crippen LogP contribution in [0.5, 0.6) is 5.75 Å². The van der Waals surface area contributed by atoms with Gasteiger partial charge < -0.3 is 20.1 Å². The normalized spacial score (nSPS) is 14.4. The molecule has 0 atom stereocenters. The molecule has 11 heteroatoms. The summed E-state index contributed by atoms with van der Waals surface area (Å²) in [7, 11) is 1.20. The standard InChI is InChI=1S/C23H22F3N5O2.ClH/c1-33-20-5-3-15(11-19(20)23(24,25)26)13-28-21-18-10-14(12-27)2-4-17(18)22(30-29-21)31-8-6-16(32)7-9-31;/h2-5,10-11,16,32H,6-9,13H2,1H3,(H,28,29);1H. The van der Waals surface area contributed by atoms with E-state index < -0.39 is 11.7 Å². The Kier molecular flexibility index (Phi) is 7.69. The van der Waals surface area contributed by atoms with E-state index in [4.69, 9.17) is 4.74 Å². The van der Waals surface area contributed by atoms with Gasteiger partial charge in [-0.05, 0) is 48.7 Å². The molecule has 0 bridgehead atoms. The van der Waals surface area contributed by atoms with Crippen LogP contribution in [0, 0.1) is 11.3 Å². The second-order valence-corrected chi connectivity index (χ2v) is 7.85. The Bertz CT molecular complexity index is 1210. The number of nitrogens with zero attached hydrogens (tertiary/aromatic N) is 4. The molecule has 0 aliphatic carbocycles. The van der Waals surface area contributed by atoms with E-state index in [9.17, 15) is 23.5 Å². The maximum atomic E-state index is 13.3. The van der Waals surface area contributed by atoms with Crippen molar-refractivity contribution in [2.24, 2.45) is 0 Å². The van der Waals surface area contributed by atoms with Gasteiger partial charge in [-0.3, -0.25) is 0 Å². The number of nitrogens with one attached hydrogen (secondary N) is 1. The van der Waals surface area contributed by atoms with Gasteiger partial charge in [-0.2, -0.15) is 18.4 Å². The number of fused-ring (bicyclic) bond motifs is 1. The largest absolute Gasteiger partial charge is 0.496 e. The number of nitriles is 1. The highest BCUT2D eigenvalue weighted by molar-refractivity contribution is 5.99. The van der Waals surface area contributed by atoms with Crippen LogP contribution >= 0.6 is 12.4 Å². The first-order chi connectivity index (χ1) is 15.8. The molecule has 1 aromatic heterocycles. The average Bonchev–Trinajstić information content (AvgIpc) is 2.82. The molecule has 1 aliphatic heterocycles. The molecule has 0 amide bonds. The number of rotatable bonds is 5. The van der Waals surface area contributed by atoms with Gasteiger partial charge in [-0.25, -0.2) is 0 Å². The van der Waals surface area contributed by atoms with Crippen molar-refractivity contribution in [2.75, 3.05) is 30.4 Å². The maximum absolute atomic E-state index is 13.3. The summed E-state index contributed by atoms with van der Waals surface area (Å²) in [5, 5.41) is 32.2. The number of piperidine rings is 1. The van der Waals surface area contributed by atoms with Crippen LogP contribution < -0.4 is 15.0 Å². The van der Waals surface area contributed by atoms with Crippen LogP contribution in [0.25, 0.3) is 10.8 Å². The molecular weight excluding hydrogens is 471 g/mol. The summed E-state index contributed by atoms with van der Waals surface area (Å²) in [6.45, 7) is 1.33. The molecule has 2 N–H and O–H groups in total. The monoisotopic (exact) mass is 493 g/mol. The van der Waals surface area contributed by atoms with Crippen LogP contribution in [0.4, 0.5) is 24.8 Å². The Morgan fingerprint density at radius 2 is 1.88 bits per heavy atom. The predicted octanol–water partition coefficient (Wildman–Crippen LogP) is 4.52. The summed E-state index contributed by atoms with van der Waals surface area (Å²) >= 11 is 0. The Morgan fingerprint density at radius 1 is 1.15 bits per heavy atom. The third-order valence-electron chi connectivity index (χ3n) is 5.68.